The van der Waals surface area contributed by atoms with Crippen molar-refractivity contribution in [3.8, 4) is 0 Å². The summed E-state index contributed by atoms with van der Waals surface area (Å²) in [5.74, 6) is 0. The Balaban J connectivity index is 1.55. The fourth-order valence-corrected chi connectivity index (χ4v) is 2.21. The maximum atomic E-state index is 5.73. The second kappa shape index (κ2) is 8.60. The molecule has 1 N–H and O–H groups in total. The Morgan fingerprint density at radius 3 is 2.48 bits per heavy atom. The molecule has 0 radical (unpaired) electrons. The zero-order valence-corrected chi connectivity index (χ0v) is 13.1. The molecule has 0 aromatic heterocycles. The summed E-state index contributed by atoms with van der Waals surface area (Å²) in [4.78, 5) is 0. The van der Waals surface area contributed by atoms with Crippen LogP contribution in [-0.2, 0) is 17.9 Å². The van der Waals surface area contributed by atoms with Gasteiger partial charge in [0, 0.05) is 13.2 Å². The van der Waals surface area contributed by atoms with Crippen molar-refractivity contribution in [3.63, 3.8) is 0 Å². The Morgan fingerprint density at radius 2 is 1.71 bits per heavy atom. The largest absolute Gasteiger partial charge is 0.377 e. The second-order valence-corrected chi connectivity index (χ2v) is 5.49. The van der Waals surface area contributed by atoms with E-state index in [4.69, 9.17) is 4.74 Å². The Bertz CT molecular complexity index is 537. The van der Waals surface area contributed by atoms with Crippen LogP contribution in [0.4, 0.5) is 0 Å². The predicted molar refractivity (Wildman–Crippen MR) is 88.3 cm³/mol. The molecular weight excluding hydrogens is 258 g/mol. The summed E-state index contributed by atoms with van der Waals surface area (Å²) in [7, 11) is 0. The SMILES string of the molecule is Cc1ccc(COCCCNCc2ccccc2)cc1C. The molecule has 0 heterocycles. The van der Waals surface area contributed by atoms with E-state index in [-0.39, 0.29) is 0 Å². The molecule has 0 unspecified atom stereocenters. The van der Waals surface area contributed by atoms with Crippen LogP contribution in [0, 0.1) is 13.8 Å². The van der Waals surface area contributed by atoms with E-state index in [0.717, 1.165) is 26.1 Å². The van der Waals surface area contributed by atoms with Gasteiger partial charge < -0.3 is 10.1 Å². The van der Waals surface area contributed by atoms with Crippen LogP contribution in [0.3, 0.4) is 0 Å². The number of ether oxygens (including phenoxy) is 1. The van der Waals surface area contributed by atoms with Gasteiger partial charge in [0.1, 0.15) is 0 Å². The van der Waals surface area contributed by atoms with Crippen LogP contribution in [0.2, 0.25) is 0 Å². The number of aryl methyl sites for hydroxylation is 2. The molecule has 0 aliphatic rings. The zero-order valence-electron chi connectivity index (χ0n) is 13.1. The quantitative estimate of drug-likeness (QED) is 0.739. The molecule has 2 aromatic rings. The summed E-state index contributed by atoms with van der Waals surface area (Å²) in [5, 5.41) is 3.44. The van der Waals surface area contributed by atoms with Gasteiger partial charge in [0.2, 0.25) is 0 Å². The number of nitrogens with one attached hydrogen (secondary N) is 1. The summed E-state index contributed by atoms with van der Waals surface area (Å²) < 4.78 is 5.73. The standard InChI is InChI=1S/C19H25NO/c1-16-9-10-19(13-17(16)2)15-21-12-6-11-20-14-18-7-4-3-5-8-18/h3-5,7-10,13,20H,6,11-12,14-15H2,1-2H3. The Labute approximate surface area is 128 Å². The first kappa shape index (κ1) is 15.7. The molecule has 0 saturated heterocycles. The van der Waals surface area contributed by atoms with Gasteiger partial charge in [-0.05, 0) is 49.1 Å². The molecule has 0 saturated carbocycles. The minimum Gasteiger partial charge on any atom is -0.377 e. The van der Waals surface area contributed by atoms with Crippen molar-refractivity contribution in [3.05, 3.63) is 70.8 Å². The first-order chi connectivity index (χ1) is 10.3. The van der Waals surface area contributed by atoms with Crippen molar-refractivity contribution in [2.24, 2.45) is 0 Å². The molecule has 0 amide bonds. The highest BCUT2D eigenvalue weighted by Gasteiger charge is 1.97. The molecule has 2 aromatic carbocycles. The van der Waals surface area contributed by atoms with Gasteiger partial charge in [-0.25, -0.2) is 0 Å². The van der Waals surface area contributed by atoms with E-state index in [1.54, 1.807) is 0 Å². The van der Waals surface area contributed by atoms with Crippen molar-refractivity contribution < 1.29 is 4.74 Å². The molecule has 2 heteroatoms. The number of hydrogen-bond donors (Lipinski definition) is 1. The lowest BCUT2D eigenvalue weighted by Crippen LogP contribution is -2.16. The van der Waals surface area contributed by atoms with Crippen molar-refractivity contribution >= 4 is 0 Å². The van der Waals surface area contributed by atoms with Crippen LogP contribution in [0.5, 0.6) is 0 Å². The Kier molecular flexibility index (Phi) is 6.45. The summed E-state index contributed by atoms with van der Waals surface area (Å²) in [5.41, 5.74) is 5.26. The van der Waals surface area contributed by atoms with Crippen LogP contribution >= 0.6 is 0 Å². The van der Waals surface area contributed by atoms with Crippen molar-refractivity contribution in [1.29, 1.82) is 0 Å². The van der Waals surface area contributed by atoms with Crippen LogP contribution in [0.25, 0.3) is 0 Å². The summed E-state index contributed by atoms with van der Waals surface area (Å²) in [6, 6.07) is 17.0. The topological polar surface area (TPSA) is 21.3 Å². The van der Waals surface area contributed by atoms with Gasteiger partial charge in [-0.15, -0.1) is 0 Å². The van der Waals surface area contributed by atoms with Gasteiger partial charge in [0.15, 0.2) is 0 Å². The third-order valence-electron chi connectivity index (χ3n) is 3.65. The average molecular weight is 283 g/mol. The monoisotopic (exact) mass is 283 g/mol. The van der Waals surface area contributed by atoms with E-state index in [2.05, 4.69) is 61.6 Å². The molecule has 112 valence electrons. The molecular formula is C19H25NO. The fourth-order valence-electron chi connectivity index (χ4n) is 2.21. The summed E-state index contributed by atoms with van der Waals surface area (Å²) >= 11 is 0. The summed E-state index contributed by atoms with van der Waals surface area (Å²) in [6.07, 6.45) is 1.04. The van der Waals surface area contributed by atoms with Crippen LogP contribution < -0.4 is 5.32 Å². The smallest absolute Gasteiger partial charge is 0.0716 e. The maximum Gasteiger partial charge on any atom is 0.0716 e. The third kappa shape index (κ3) is 5.70. The first-order valence-corrected chi connectivity index (χ1v) is 7.64. The highest BCUT2D eigenvalue weighted by molar-refractivity contribution is 5.29. The molecule has 2 nitrogen and oxygen atoms in total. The highest BCUT2D eigenvalue weighted by Crippen LogP contribution is 2.10. The van der Waals surface area contributed by atoms with E-state index < -0.39 is 0 Å². The van der Waals surface area contributed by atoms with Gasteiger partial charge in [0.25, 0.3) is 0 Å². The molecule has 21 heavy (non-hydrogen) atoms. The highest BCUT2D eigenvalue weighted by atomic mass is 16.5. The second-order valence-electron chi connectivity index (χ2n) is 5.49. The van der Waals surface area contributed by atoms with E-state index >= 15 is 0 Å². The minimum atomic E-state index is 0.708. The molecule has 0 fully saturated rings. The molecule has 0 aliphatic carbocycles. The lowest BCUT2D eigenvalue weighted by Gasteiger charge is -2.08. The average Bonchev–Trinajstić information content (AvgIpc) is 2.51. The fraction of sp³-hybridized carbons (Fsp3) is 0.368. The maximum absolute atomic E-state index is 5.73. The molecule has 0 aliphatic heterocycles. The van der Waals surface area contributed by atoms with Crippen LogP contribution in [-0.4, -0.2) is 13.2 Å². The number of benzene rings is 2. The Hall–Kier alpha value is -1.64. The van der Waals surface area contributed by atoms with E-state index in [0.29, 0.717) is 6.61 Å². The van der Waals surface area contributed by atoms with Crippen LogP contribution in [0.15, 0.2) is 48.5 Å². The molecule has 0 bridgehead atoms. The van der Waals surface area contributed by atoms with Gasteiger partial charge in [-0.2, -0.15) is 0 Å². The minimum absolute atomic E-state index is 0.708. The molecule has 0 spiro atoms. The zero-order chi connectivity index (χ0) is 14.9. The summed E-state index contributed by atoms with van der Waals surface area (Å²) in [6.45, 7) is 7.71. The van der Waals surface area contributed by atoms with Gasteiger partial charge >= 0.3 is 0 Å². The lowest BCUT2D eigenvalue weighted by atomic mass is 10.1. The van der Waals surface area contributed by atoms with Crippen LogP contribution in [0.1, 0.15) is 28.7 Å². The van der Waals surface area contributed by atoms with Gasteiger partial charge in [0.05, 0.1) is 6.61 Å². The number of hydrogen-bond acceptors (Lipinski definition) is 2. The first-order valence-electron chi connectivity index (χ1n) is 7.64. The van der Waals surface area contributed by atoms with Gasteiger partial charge in [-0.3, -0.25) is 0 Å². The Morgan fingerprint density at radius 1 is 0.905 bits per heavy atom. The normalized spacial score (nSPS) is 10.8. The van der Waals surface area contributed by atoms with Gasteiger partial charge in [-0.1, -0.05) is 48.5 Å². The van der Waals surface area contributed by atoms with E-state index in [1.807, 2.05) is 6.07 Å². The third-order valence-corrected chi connectivity index (χ3v) is 3.65. The molecule has 0 atom stereocenters. The number of rotatable bonds is 8. The van der Waals surface area contributed by atoms with E-state index in [9.17, 15) is 0 Å². The van der Waals surface area contributed by atoms with Crippen molar-refractivity contribution in [1.82, 2.24) is 5.32 Å². The lowest BCUT2D eigenvalue weighted by molar-refractivity contribution is 0.118. The predicted octanol–water partition coefficient (Wildman–Crippen LogP) is 4.00. The van der Waals surface area contributed by atoms with Crippen molar-refractivity contribution in [2.75, 3.05) is 13.2 Å². The van der Waals surface area contributed by atoms with E-state index in [1.165, 1.54) is 22.3 Å². The molecule has 2 rings (SSSR count). The van der Waals surface area contributed by atoms with Crippen molar-refractivity contribution in [2.45, 2.75) is 33.4 Å².